The van der Waals surface area contributed by atoms with Crippen LogP contribution in [0.5, 0.6) is 0 Å². The molecule has 98 valence electrons. The average molecular weight is 246 g/mol. The van der Waals surface area contributed by atoms with Crippen LogP contribution < -0.4 is 11.1 Å². The minimum absolute atomic E-state index is 0.000417. The van der Waals surface area contributed by atoms with Gasteiger partial charge in [-0.25, -0.2) is 0 Å². The van der Waals surface area contributed by atoms with Gasteiger partial charge < -0.3 is 11.1 Å². The summed E-state index contributed by atoms with van der Waals surface area (Å²) in [5.74, 6) is 0.000417. The number of hydrogen-bond donors (Lipinski definition) is 2. The van der Waals surface area contributed by atoms with Crippen LogP contribution in [0.1, 0.15) is 47.2 Å². The van der Waals surface area contributed by atoms with E-state index in [2.05, 4.69) is 5.32 Å². The predicted molar refractivity (Wildman–Crippen MR) is 73.6 cm³/mol. The van der Waals surface area contributed by atoms with E-state index in [1.165, 1.54) is 12.0 Å². The minimum Gasteiger partial charge on any atom is -0.348 e. The maximum absolute atomic E-state index is 12.2. The van der Waals surface area contributed by atoms with Gasteiger partial charge in [-0.05, 0) is 49.9 Å². The fraction of sp³-hybridized carbons (Fsp3) is 0.533. The van der Waals surface area contributed by atoms with Crippen molar-refractivity contribution < 1.29 is 4.79 Å². The SMILES string of the molecule is Cc1ccc(C(=O)NC2CCCCC2N)cc1C. The van der Waals surface area contributed by atoms with E-state index in [9.17, 15) is 4.79 Å². The molecule has 2 atom stereocenters. The number of hydrogen-bond acceptors (Lipinski definition) is 2. The molecule has 1 aromatic rings. The highest BCUT2D eigenvalue weighted by molar-refractivity contribution is 5.94. The summed E-state index contributed by atoms with van der Waals surface area (Å²) in [4.78, 5) is 12.2. The number of benzene rings is 1. The molecule has 0 saturated heterocycles. The molecule has 1 saturated carbocycles. The van der Waals surface area contributed by atoms with E-state index in [-0.39, 0.29) is 18.0 Å². The van der Waals surface area contributed by atoms with Gasteiger partial charge in [0.2, 0.25) is 0 Å². The van der Waals surface area contributed by atoms with Gasteiger partial charge >= 0.3 is 0 Å². The number of carbonyl (C=O) groups is 1. The van der Waals surface area contributed by atoms with Gasteiger partial charge in [0.05, 0.1) is 0 Å². The van der Waals surface area contributed by atoms with Crippen LogP contribution in [-0.4, -0.2) is 18.0 Å². The van der Waals surface area contributed by atoms with E-state index in [0.29, 0.717) is 0 Å². The minimum atomic E-state index is 0.000417. The van der Waals surface area contributed by atoms with E-state index in [0.717, 1.165) is 30.4 Å². The lowest BCUT2D eigenvalue weighted by atomic mass is 9.91. The smallest absolute Gasteiger partial charge is 0.251 e. The van der Waals surface area contributed by atoms with Crippen LogP contribution in [0.4, 0.5) is 0 Å². The molecule has 1 fully saturated rings. The second-order valence-corrected chi connectivity index (χ2v) is 5.33. The first-order valence-electron chi connectivity index (χ1n) is 6.71. The maximum atomic E-state index is 12.2. The largest absolute Gasteiger partial charge is 0.348 e. The molecule has 18 heavy (non-hydrogen) atoms. The summed E-state index contributed by atoms with van der Waals surface area (Å²) in [6.45, 7) is 4.08. The zero-order chi connectivity index (χ0) is 13.1. The summed E-state index contributed by atoms with van der Waals surface area (Å²) in [5.41, 5.74) is 9.13. The predicted octanol–water partition coefficient (Wildman–Crippen LogP) is 2.30. The Morgan fingerprint density at radius 1 is 1.22 bits per heavy atom. The van der Waals surface area contributed by atoms with E-state index >= 15 is 0 Å². The van der Waals surface area contributed by atoms with Crippen LogP contribution in [0.25, 0.3) is 0 Å². The summed E-state index contributed by atoms with van der Waals surface area (Å²) in [6.07, 6.45) is 4.35. The zero-order valence-corrected chi connectivity index (χ0v) is 11.2. The molecule has 3 heteroatoms. The molecule has 1 aromatic carbocycles. The molecule has 0 aliphatic heterocycles. The number of carbonyl (C=O) groups excluding carboxylic acids is 1. The van der Waals surface area contributed by atoms with Crippen molar-refractivity contribution in [3.8, 4) is 0 Å². The summed E-state index contributed by atoms with van der Waals surface area (Å²) >= 11 is 0. The fourth-order valence-electron chi connectivity index (χ4n) is 2.47. The highest BCUT2D eigenvalue weighted by atomic mass is 16.1. The molecule has 1 aliphatic carbocycles. The Bertz CT molecular complexity index is 442. The first kappa shape index (κ1) is 13.1. The molecular weight excluding hydrogens is 224 g/mol. The molecule has 2 rings (SSSR count). The molecule has 0 aromatic heterocycles. The normalized spacial score (nSPS) is 23.7. The lowest BCUT2D eigenvalue weighted by Crippen LogP contribution is -2.49. The molecule has 0 heterocycles. The Morgan fingerprint density at radius 2 is 1.94 bits per heavy atom. The lowest BCUT2D eigenvalue weighted by molar-refractivity contribution is 0.0921. The highest BCUT2D eigenvalue weighted by Gasteiger charge is 2.23. The summed E-state index contributed by atoms with van der Waals surface area (Å²) in [6, 6.07) is 6.05. The van der Waals surface area contributed by atoms with Crippen molar-refractivity contribution in [1.29, 1.82) is 0 Å². The Hall–Kier alpha value is -1.35. The van der Waals surface area contributed by atoms with Crippen molar-refractivity contribution in [1.82, 2.24) is 5.32 Å². The first-order chi connectivity index (χ1) is 8.58. The number of nitrogens with one attached hydrogen (secondary N) is 1. The molecule has 3 N–H and O–H groups in total. The van der Waals surface area contributed by atoms with Crippen LogP contribution in [0.3, 0.4) is 0 Å². The van der Waals surface area contributed by atoms with Crippen LogP contribution >= 0.6 is 0 Å². The Balaban J connectivity index is 2.04. The third-order valence-corrected chi connectivity index (χ3v) is 3.90. The van der Waals surface area contributed by atoms with Crippen LogP contribution in [0.2, 0.25) is 0 Å². The molecule has 0 spiro atoms. The van der Waals surface area contributed by atoms with Crippen molar-refractivity contribution in [3.05, 3.63) is 34.9 Å². The molecule has 1 amide bonds. The van der Waals surface area contributed by atoms with Crippen molar-refractivity contribution in [2.75, 3.05) is 0 Å². The van der Waals surface area contributed by atoms with Gasteiger partial charge in [-0.15, -0.1) is 0 Å². The maximum Gasteiger partial charge on any atom is 0.251 e. The second-order valence-electron chi connectivity index (χ2n) is 5.33. The van der Waals surface area contributed by atoms with Crippen LogP contribution in [0.15, 0.2) is 18.2 Å². The van der Waals surface area contributed by atoms with Gasteiger partial charge in [0.15, 0.2) is 0 Å². The second kappa shape index (κ2) is 5.53. The van der Waals surface area contributed by atoms with E-state index in [4.69, 9.17) is 5.73 Å². The molecule has 0 bridgehead atoms. The van der Waals surface area contributed by atoms with E-state index in [1.54, 1.807) is 0 Å². The van der Waals surface area contributed by atoms with Gasteiger partial charge in [-0.1, -0.05) is 18.9 Å². The molecule has 3 nitrogen and oxygen atoms in total. The van der Waals surface area contributed by atoms with Gasteiger partial charge in [-0.3, -0.25) is 4.79 Å². The number of rotatable bonds is 2. The van der Waals surface area contributed by atoms with Gasteiger partial charge in [-0.2, -0.15) is 0 Å². The average Bonchev–Trinajstić information content (AvgIpc) is 2.35. The standard InChI is InChI=1S/C15H22N2O/c1-10-7-8-12(9-11(10)2)15(18)17-14-6-4-3-5-13(14)16/h7-9,13-14H,3-6,16H2,1-2H3,(H,17,18). The van der Waals surface area contributed by atoms with Crippen LogP contribution in [-0.2, 0) is 0 Å². The quantitative estimate of drug-likeness (QED) is 0.841. The molecular formula is C15H22N2O. The first-order valence-corrected chi connectivity index (χ1v) is 6.71. The fourth-order valence-corrected chi connectivity index (χ4v) is 2.47. The number of aryl methyl sites for hydroxylation is 2. The van der Waals surface area contributed by atoms with E-state index < -0.39 is 0 Å². The Morgan fingerprint density at radius 3 is 2.61 bits per heavy atom. The third kappa shape index (κ3) is 2.91. The molecule has 1 aliphatic rings. The summed E-state index contributed by atoms with van der Waals surface area (Å²) in [7, 11) is 0. The van der Waals surface area contributed by atoms with Crippen molar-refractivity contribution in [2.45, 2.75) is 51.6 Å². The van der Waals surface area contributed by atoms with Crippen molar-refractivity contribution in [3.63, 3.8) is 0 Å². The number of amides is 1. The van der Waals surface area contributed by atoms with Crippen molar-refractivity contribution >= 4 is 5.91 Å². The lowest BCUT2D eigenvalue weighted by Gasteiger charge is -2.29. The van der Waals surface area contributed by atoms with Crippen LogP contribution in [0, 0.1) is 13.8 Å². The Labute approximate surface area is 109 Å². The topological polar surface area (TPSA) is 55.1 Å². The summed E-state index contributed by atoms with van der Waals surface area (Å²) in [5, 5.41) is 3.07. The monoisotopic (exact) mass is 246 g/mol. The van der Waals surface area contributed by atoms with Gasteiger partial charge in [0, 0.05) is 17.6 Å². The Kier molecular flexibility index (Phi) is 4.02. The molecule has 2 unspecified atom stereocenters. The third-order valence-electron chi connectivity index (χ3n) is 3.90. The number of nitrogens with two attached hydrogens (primary N) is 1. The van der Waals surface area contributed by atoms with Gasteiger partial charge in [0.1, 0.15) is 0 Å². The summed E-state index contributed by atoms with van der Waals surface area (Å²) < 4.78 is 0. The van der Waals surface area contributed by atoms with E-state index in [1.807, 2.05) is 32.0 Å². The van der Waals surface area contributed by atoms with Gasteiger partial charge in [0.25, 0.3) is 5.91 Å². The molecule has 0 radical (unpaired) electrons. The highest BCUT2D eigenvalue weighted by Crippen LogP contribution is 2.17. The van der Waals surface area contributed by atoms with Crippen molar-refractivity contribution in [2.24, 2.45) is 5.73 Å². The zero-order valence-electron chi connectivity index (χ0n) is 11.2.